The lowest BCUT2D eigenvalue weighted by molar-refractivity contribution is 0.338. The van der Waals surface area contributed by atoms with E-state index < -0.39 is 0 Å². The Morgan fingerprint density at radius 3 is 2.67 bits per heavy atom. The van der Waals surface area contributed by atoms with E-state index in [0.717, 1.165) is 33.5 Å². The van der Waals surface area contributed by atoms with Crippen LogP contribution in [0.25, 0.3) is 0 Å². The molecule has 0 aromatic heterocycles. The van der Waals surface area contributed by atoms with E-state index in [9.17, 15) is 0 Å². The summed E-state index contributed by atoms with van der Waals surface area (Å²) in [6.45, 7) is 2.61. The Morgan fingerprint density at radius 1 is 1.19 bits per heavy atom. The fourth-order valence-corrected chi connectivity index (χ4v) is 2.70. The zero-order valence-electron chi connectivity index (χ0n) is 12.3. The monoisotopic (exact) mass is 349 g/mol. The standard InChI is InChI=1S/C17H20BrNO2/c1-3-21-17-8-7-13(11-15(17)18)16(19)10-12-5-4-6-14(9-12)20-2/h4-9,11,16H,3,10,19H2,1-2H3. The van der Waals surface area contributed by atoms with Gasteiger partial charge in [-0.1, -0.05) is 18.2 Å². The van der Waals surface area contributed by atoms with Gasteiger partial charge in [0.15, 0.2) is 0 Å². The maximum atomic E-state index is 6.31. The fraction of sp³-hybridized carbons (Fsp3) is 0.294. The molecule has 0 radical (unpaired) electrons. The van der Waals surface area contributed by atoms with E-state index in [2.05, 4.69) is 22.0 Å². The second-order valence-electron chi connectivity index (χ2n) is 4.79. The van der Waals surface area contributed by atoms with Crippen molar-refractivity contribution in [3.05, 3.63) is 58.1 Å². The molecule has 0 fully saturated rings. The lowest BCUT2D eigenvalue weighted by Gasteiger charge is -2.15. The van der Waals surface area contributed by atoms with Gasteiger partial charge in [0.25, 0.3) is 0 Å². The number of halogens is 1. The van der Waals surface area contributed by atoms with Crippen LogP contribution in [-0.2, 0) is 6.42 Å². The summed E-state index contributed by atoms with van der Waals surface area (Å²) in [7, 11) is 1.67. The Bertz CT molecular complexity index is 601. The summed E-state index contributed by atoms with van der Waals surface area (Å²) in [6, 6.07) is 13.9. The van der Waals surface area contributed by atoms with Crippen LogP contribution < -0.4 is 15.2 Å². The summed E-state index contributed by atoms with van der Waals surface area (Å²) in [4.78, 5) is 0. The predicted octanol–water partition coefficient (Wildman–Crippen LogP) is 4.10. The largest absolute Gasteiger partial charge is 0.497 e. The van der Waals surface area contributed by atoms with Gasteiger partial charge in [-0.2, -0.15) is 0 Å². The van der Waals surface area contributed by atoms with Gasteiger partial charge in [0.05, 0.1) is 18.2 Å². The van der Waals surface area contributed by atoms with Crippen molar-refractivity contribution < 1.29 is 9.47 Å². The smallest absolute Gasteiger partial charge is 0.133 e. The molecule has 0 aliphatic rings. The maximum Gasteiger partial charge on any atom is 0.133 e. The minimum absolute atomic E-state index is 0.0657. The van der Waals surface area contributed by atoms with Crippen LogP contribution in [0.5, 0.6) is 11.5 Å². The molecule has 0 spiro atoms. The van der Waals surface area contributed by atoms with Crippen LogP contribution in [0.1, 0.15) is 24.1 Å². The number of nitrogens with two attached hydrogens (primary N) is 1. The normalized spacial score (nSPS) is 12.0. The first-order valence-corrected chi connectivity index (χ1v) is 7.74. The molecule has 3 nitrogen and oxygen atoms in total. The first-order valence-electron chi connectivity index (χ1n) is 6.94. The van der Waals surface area contributed by atoms with Crippen LogP contribution in [-0.4, -0.2) is 13.7 Å². The molecule has 21 heavy (non-hydrogen) atoms. The van der Waals surface area contributed by atoms with Gasteiger partial charge in [0.1, 0.15) is 11.5 Å². The summed E-state index contributed by atoms with van der Waals surface area (Å²) in [5.41, 5.74) is 8.55. The average Bonchev–Trinajstić information content (AvgIpc) is 2.49. The van der Waals surface area contributed by atoms with Crippen molar-refractivity contribution in [2.75, 3.05) is 13.7 Å². The third-order valence-electron chi connectivity index (χ3n) is 3.27. The van der Waals surface area contributed by atoms with Crippen molar-refractivity contribution in [2.45, 2.75) is 19.4 Å². The van der Waals surface area contributed by atoms with Crippen LogP contribution in [0.2, 0.25) is 0 Å². The summed E-state index contributed by atoms with van der Waals surface area (Å²) in [6.07, 6.45) is 0.762. The molecular formula is C17H20BrNO2. The highest BCUT2D eigenvalue weighted by Gasteiger charge is 2.10. The molecule has 1 atom stereocenters. The second-order valence-corrected chi connectivity index (χ2v) is 5.64. The molecule has 0 saturated heterocycles. The first-order chi connectivity index (χ1) is 10.1. The van der Waals surface area contributed by atoms with Crippen molar-refractivity contribution in [1.29, 1.82) is 0 Å². The van der Waals surface area contributed by atoms with Gasteiger partial charge in [0, 0.05) is 6.04 Å². The molecule has 0 saturated carbocycles. The number of rotatable bonds is 6. The molecule has 2 aromatic rings. The molecule has 2 aromatic carbocycles. The Labute approximate surface area is 134 Å². The number of hydrogen-bond acceptors (Lipinski definition) is 3. The third-order valence-corrected chi connectivity index (χ3v) is 3.89. The van der Waals surface area contributed by atoms with E-state index >= 15 is 0 Å². The van der Waals surface area contributed by atoms with Crippen molar-refractivity contribution in [2.24, 2.45) is 5.73 Å². The number of ether oxygens (including phenoxy) is 2. The highest BCUT2D eigenvalue weighted by atomic mass is 79.9. The molecule has 2 N–H and O–H groups in total. The Hall–Kier alpha value is -1.52. The fourth-order valence-electron chi connectivity index (χ4n) is 2.19. The van der Waals surface area contributed by atoms with Crippen LogP contribution in [0, 0.1) is 0 Å². The summed E-state index contributed by atoms with van der Waals surface area (Å²) in [5.74, 6) is 1.70. The molecule has 0 bridgehead atoms. The second kappa shape index (κ2) is 7.48. The van der Waals surface area contributed by atoms with Crippen molar-refractivity contribution in [3.63, 3.8) is 0 Å². The quantitative estimate of drug-likeness (QED) is 0.853. The van der Waals surface area contributed by atoms with E-state index in [1.165, 1.54) is 0 Å². The van der Waals surface area contributed by atoms with E-state index in [1.807, 2.05) is 43.3 Å². The van der Waals surface area contributed by atoms with Crippen molar-refractivity contribution >= 4 is 15.9 Å². The molecule has 1 unspecified atom stereocenters. The van der Waals surface area contributed by atoms with Crippen LogP contribution in [0.3, 0.4) is 0 Å². The molecular weight excluding hydrogens is 330 g/mol. The summed E-state index contributed by atoms with van der Waals surface area (Å²) < 4.78 is 11.7. The highest BCUT2D eigenvalue weighted by molar-refractivity contribution is 9.10. The molecule has 0 amide bonds. The van der Waals surface area contributed by atoms with Crippen LogP contribution >= 0.6 is 15.9 Å². The number of hydrogen-bond donors (Lipinski definition) is 1. The predicted molar refractivity (Wildman–Crippen MR) is 88.9 cm³/mol. The van der Waals surface area contributed by atoms with Gasteiger partial charge in [-0.25, -0.2) is 0 Å². The van der Waals surface area contributed by atoms with Crippen LogP contribution in [0.4, 0.5) is 0 Å². The molecule has 112 valence electrons. The molecule has 0 aliphatic carbocycles. The lowest BCUT2D eigenvalue weighted by atomic mass is 9.99. The Kier molecular flexibility index (Phi) is 5.65. The molecule has 4 heteroatoms. The van der Waals surface area contributed by atoms with Gasteiger partial charge < -0.3 is 15.2 Å². The summed E-state index contributed by atoms with van der Waals surface area (Å²) >= 11 is 3.52. The topological polar surface area (TPSA) is 44.5 Å². The minimum atomic E-state index is -0.0657. The average molecular weight is 350 g/mol. The van der Waals surface area contributed by atoms with Gasteiger partial charge in [-0.3, -0.25) is 0 Å². The number of methoxy groups -OCH3 is 1. The van der Waals surface area contributed by atoms with Gasteiger partial charge in [-0.05, 0) is 64.7 Å². The minimum Gasteiger partial charge on any atom is -0.497 e. The highest BCUT2D eigenvalue weighted by Crippen LogP contribution is 2.29. The van der Waals surface area contributed by atoms with Gasteiger partial charge in [0.2, 0.25) is 0 Å². The number of benzene rings is 2. The third kappa shape index (κ3) is 4.22. The van der Waals surface area contributed by atoms with Crippen molar-refractivity contribution in [1.82, 2.24) is 0 Å². The lowest BCUT2D eigenvalue weighted by Crippen LogP contribution is -2.13. The summed E-state index contributed by atoms with van der Waals surface area (Å²) in [5, 5.41) is 0. The van der Waals surface area contributed by atoms with Crippen molar-refractivity contribution in [3.8, 4) is 11.5 Å². The molecule has 0 aliphatic heterocycles. The van der Waals surface area contributed by atoms with E-state index in [4.69, 9.17) is 15.2 Å². The first kappa shape index (κ1) is 15.9. The van der Waals surface area contributed by atoms with Gasteiger partial charge in [-0.15, -0.1) is 0 Å². The maximum absolute atomic E-state index is 6.31. The Morgan fingerprint density at radius 2 is 2.00 bits per heavy atom. The molecule has 0 heterocycles. The Balaban J connectivity index is 2.12. The zero-order valence-corrected chi connectivity index (χ0v) is 13.9. The van der Waals surface area contributed by atoms with E-state index in [-0.39, 0.29) is 6.04 Å². The zero-order chi connectivity index (χ0) is 15.2. The van der Waals surface area contributed by atoms with Crippen LogP contribution in [0.15, 0.2) is 46.9 Å². The SMILES string of the molecule is CCOc1ccc(C(N)Cc2cccc(OC)c2)cc1Br. The molecule has 2 rings (SSSR count). The van der Waals surface area contributed by atoms with Gasteiger partial charge >= 0.3 is 0 Å². The van der Waals surface area contributed by atoms with E-state index in [1.54, 1.807) is 7.11 Å². The van der Waals surface area contributed by atoms with E-state index in [0.29, 0.717) is 6.61 Å².